The summed E-state index contributed by atoms with van der Waals surface area (Å²) in [5.74, 6) is -0.514. The van der Waals surface area contributed by atoms with E-state index in [-0.39, 0.29) is 23.8 Å². The first kappa shape index (κ1) is 18.8. The Morgan fingerprint density at radius 3 is 2.55 bits per heavy atom. The van der Waals surface area contributed by atoms with E-state index < -0.39 is 0 Å². The molecule has 1 aliphatic rings. The normalized spacial score (nSPS) is 12.8. The Labute approximate surface area is 168 Å². The molecule has 0 unspecified atom stereocenters. The number of Topliss-reactive ketones (excluding diaryl/α,β-unsaturated/α-hetero) is 1. The van der Waals surface area contributed by atoms with Crippen LogP contribution in [0.1, 0.15) is 44.7 Å². The Bertz CT molecular complexity index is 1120. The Hall–Kier alpha value is -3.54. The molecule has 1 amide bonds. The summed E-state index contributed by atoms with van der Waals surface area (Å²) in [6.45, 7) is -0.0822. The van der Waals surface area contributed by atoms with Crippen molar-refractivity contribution in [2.75, 3.05) is 6.54 Å². The van der Waals surface area contributed by atoms with Gasteiger partial charge in [0.25, 0.3) is 11.5 Å². The molecule has 1 aliphatic carbocycles. The van der Waals surface area contributed by atoms with Crippen molar-refractivity contribution < 1.29 is 9.59 Å². The SMILES string of the molecule is O=C(CNC(=O)c1cncc(-c2c[nH]c(=O)c3c2CCCC3)c1)c1ccccc1. The third kappa shape index (κ3) is 4.01. The number of nitrogens with zero attached hydrogens (tertiary/aromatic N) is 1. The number of carbonyl (C=O) groups excluding carboxylic acids is 2. The maximum atomic E-state index is 12.5. The second kappa shape index (κ2) is 8.22. The van der Waals surface area contributed by atoms with Crippen molar-refractivity contribution in [1.82, 2.24) is 15.3 Å². The van der Waals surface area contributed by atoms with Crippen LogP contribution in [0.4, 0.5) is 0 Å². The van der Waals surface area contributed by atoms with E-state index in [4.69, 9.17) is 0 Å². The molecule has 1 aromatic carbocycles. The zero-order valence-corrected chi connectivity index (χ0v) is 15.9. The minimum absolute atomic E-state index is 0.0373. The Morgan fingerprint density at radius 2 is 1.76 bits per heavy atom. The number of hydrogen-bond acceptors (Lipinski definition) is 4. The van der Waals surface area contributed by atoms with Crippen molar-refractivity contribution in [1.29, 1.82) is 0 Å². The van der Waals surface area contributed by atoms with Crippen molar-refractivity contribution in [3.05, 3.63) is 87.6 Å². The van der Waals surface area contributed by atoms with E-state index in [1.165, 1.54) is 6.20 Å². The van der Waals surface area contributed by atoms with Crippen molar-refractivity contribution in [3.8, 4) is 11.1 Å². The molecule has 0 saturated heterocycles. The summed E-state index contributed by atoms with van der Waals surface area (Å²) in [5, 5.41) is 2.66. The van der Waals surface area contributed by atoms with Gasteiger partial charge in [0, 0.05) is 40.8 Å². The number of benzene rings is 1. The number of fused-ring (bicyclic) bond motifs is 1. The van der Waals surface area contributed by atoms with Gasteiger partial charge in [-0.2, -0.15) is 0 Å². The van der Waals surface area contributed by atoms with Gasteiger partial charge in [0.2, 0.25) is 0 Å². The summed E-state index contributed by atoms with van der Waals surface area (Å²) in [7, 11) is 0. The average Bonchev–Trinajstić information content (AvgIpc) is 2.78. The third-order valence-electron chi connectivity index (χ3n) is 5.23. The molecule has 2 aromatic heterocycles. The molecule has 146 valence electrons. The number of H-pyrrole nitrogens is 1. The van der Waals surface area contributed by atoms with Gasteiger partial charge in [0.1, 0.15) is 0 Å². The number of aromatic nitrogens is 2. The minimum atomic E-state index is -0.359. The maximum absolute atomic E-state index is 12.5. The molecule has 0 spiro atoms. The van der Waals surface area contributed by atoms with Crippen LogP contribution >= 0.6 is 0 Å². The number of hydrogen-bond donors (Lipinski definition) is 2. The smallest absolute Gasteiger partial charge is 0.253 e. The lowest BCUT2D eigenvalue weighted by molar-refractivity contribution is 0.0904. The van der Waals surface area contributed by atoms with Crippen LogP contribution in [0, 0.1) is 0 Å². The summed E-state index contributed by atoms with van der Waals surface area (Å²) >= 11 is 0. The van der Waals surface area contributed by atoms with E-state index in [0.29, 0.717) is 11.1 Å². The lowest BCUT2D eigenvalue weighted by Gasteiger charge is -2.18. The van der Waals surface area contributed by atoms with Gasteiger partial charge in [-0.1, -0.05) is 30.3 Å². The Morgan fingerprint density at radius 1 is 1.00 bits per heavy atom. The van der Waals surface area contributed by atoms with Gasteiger partial charge in [0.15, 0.2) is 5.78 Å². The molecule has 0 fully saturated rings. The highest BCUT2D eigenvalue weighted by atomic mass is 16.2. The molecular formula is C23H21N3O3. The quantitative estimate of drug-likeness (QED) is 0.659. The van der Waals surface area contributed by atoms with Crippen molar-refractivity contribution in [2.24, 2.45) is 0 Å². The number of rotatable bonds is 5. The van der Waals surface area contributed by atoms with Gasteiger partial charge in [-0.05, 0) is 37.3 Å². The Kier molecular flexibility index (Phi) is 5.33. The van der Waals surface area contributed by atoms with Crippen LogP contribution in [0.5, 0.6) is 0 Å². The second-order valence-electron chi connectivity index (χ2n) is 7.13. The van der Waals surface area contributed by atoms with Gasteiger partial charge >= 0.3 is 0 Å². The lowest BCUT2D eigenvalue weighted by atomic mass is 9.88. The van der Waals surface area contributed by atoms with Crippen LogP contribution in [-0.2, 0) is 12.8 Å². The van der Waals surface area contributed by atoms with E-state index in [0.717, 1.165) is 47.9 Å². The molecule has 2 heterocycles. The molecule has 0 aliphatic heterocycles. The van der Waals surface area contributed by atoms with Gasteiger partial charge in [0.05, 0.1) is 12.1 Å². The number of carbonyl (C=O) groups is 2. The van der Waals surface area contributed by atoms with E-state index in [9.17, 15) is 14.4 Å². The van der Waals surface area contributed by atoms with Crippen molar-refractivity contribution in [2.45, 2.75) is 25.7 Å². The highest BCUT2D eigenvalue weighted by molar-refractivity contribution is 6.02. The molecule has 0 bridgehead atoms. The van der Waals surface area contributed by atoms with Gasteiger partial charge in [-0.15, -0.1) is 0 Å². The van der Waals surface area contributed by atoms with Gasteiger partial charge in [-0.3, -0.25) is 19.4 Å². The van der Waals surface area contributed by atoms with Crippen LogP contribution in [0.15, 0.2) is 59.8 Å². The predicted molar refractivity (Wildman–Crippen MR) is 110 cm³/mol. The molecule has 0 atom stereocenters. The molecule has 2 N–H and O–H groups in total. The molecule has 3 aromatic rings. The summed E-state index contributed by atoms with van der Waals surface area (Å²) in [4.78, 5) is 43.9. The van der Waals surface area contributed by atoms with E-state index >= 15 is 0 Å². The number of pyridine rings is 2. The van der Waals surface area contributed by atoms with Crippen LogP contribution in [-0.4, -0.2) is 28.2 Å². The van der Waals surface area contributed by atoms with E-state index in [2.05, 4.69) is 15.3 Å². The monoisotopic (exact) mass is 387 g/mol. The first-order valence-electron chi connectivity index (χ1n) is 9.69. The first-order valence-corrected chi connectivity index (χ1v) is 9.69. The van der Waals surface area contributed by atoms with E-state index in [1.807, 2.05) is 6.07 Å². The van der Waals surface area contributed by atoms with Crippen molar-refractivity contribution in [3.63, 3.8) is 0 Å². The Balaban J connectivity index is 1.54. The minimum Gasteiger partial charge on any atom is -0.345 e. The fraction of sp³-hybridized carbons (Fsp3) is 0.217. The molecule has 0 saturated carbocycles. The molecule has 0 radical (unpaired) electrons. The predicted octanol–water partition coefficient (Wildman–Crippen LogP) is 2.93. The van der Waals surface area contributed by atoms with Gasteiger partial charge < -0.3 is 10.3 Å². The zero-order valence-electron chi connectivity index (χ0n) is 15.9. The summed E-state index contributed by atoms with van der Waals surface area (Å²) in [6.07, 6.45) is 8.53. The fourth-order valence-corrected chi connectivity index (χ4v) is 3.72. The lowest BCUT2D eigenvalue weighted by Crippen LogP contribution is -2.29. The highest BCUT2D eigenvalue weighted by Gasteiger charge is 2.18. The number of nitrogens with one attached hydrogen (secondary N) is 2. The van der Waals surface area contributed by atoms with Gasteiger partial charge in [-0.25, -0.2) is 0 Å². The summed E-state index contributed by atoms with van der Waals surface area (Å²) < 4.78 is 0. The third-order valence-corrected chi connectivity index (χ3v) is 5.23. The highest BCUT2D eigenvalue weighted by Crippen LogP contribution is 2.29. The van der Waals surface area contributed by atoms with E-state index in [1.54, 1.807) is 42.7 Å². The molecule has 4 rings (SSSR count). The summed E-state index contributed by atoms with van der Waals surface area (Å²) in [6, 6.07) is 10.6. The van der Waals surface area contributed by atoms with Crippen LogP contribution < -0.4 is 10.9 Å². The fourth-order valence-electron chi connectivity index (χ4n) is 3.72. The number of ketones is 1. The summed E-state index contributed by atoms with van der Waals surface area (Å²) in [5.41, 5.74) is 4.45. The maximum Gasteiger partial charge on any atom is 0.253 e. The molecule has 6 heteroatoms. The molecular weight excluding hydrogens is 366 g/mol. The van der Waals surface area contributed by atoms with Crippen LogP contribution in [0.25, 0.3) is 11.1 Å². The zero-order chi connectivity index (χ0) is 20.2. The van der Waals surface area contributed by atoms with Crippen LogP contribution in [0.3, 0.4) is 0 Å². The molecule has 29 heavy (non-hydrogen) atoms. The molecule has 6 nitrogen and oxygen atoms in total. The van der Waals surface area contributed by atoms with Crippen molar-refractivity contribution >= 4 is 11.7 Å². The number of amides is 1. The average molecular weight is 387 g/mol. The topological polar surface area (TPSA) is 91.9 Å². The number of aromatic amines is 1. The largest absolute Gasteiger partial charge is 0.345 e. The first-order chi connectivity index (χ1) is 14.1. The van der Waals surface area contributed by atoms with Crippen LogP contribution in [0.2, 0.25) is 0 Å². The standard InChI is InChI=1S/C23H21N3O3/c27-21(15-6-2-1-3-7-15)14-26-22(28)17-10-16(11-24-12-17)20-13-25-23(29)19-9-5-4-8-18(19)20/h1-3,6-7,10-13H,4-5,8-9,14H2,(H,25,29)(H,26,28). The second-order valence-corrected chi connectivity index (χ2v) is 7.13.